The monoisotopic (exact) mass is 363 g/mol. The van der Waals surface area contributed by atoms with E-state index in [2.05, 4.69) is 35.4 Å². The molecule has 0 aromatic rings. The summed E-state index contributed by atoms with van der Waals surface area (Å²) < 4.78 is 0.891. The van der Waals surface area contributed by atoms with Crippen LogP contribution < -0.4 is 0 Å². The van der Waals surface area contributed by atoms with Crippen molar-refractivity contribution < 1.29 is 37.5 Å². The van der Waals surface area contributed by atoms with Gasteiger partial charge in [0, 0.05) is 32.7 Å². The average molecular weight is 363 g/mol. The van der Waals surface area contributed by atoms with Crippen LogP contribution in [0.2, 0.25) is 0 Å². The SMILES string of the molecule is C=C1C(I)=[C-]N(C)C=C1C(C)=O.[Y]. The second kappa shape index (κ2) is 5.42. The van der Waals surface area contributed by atoms with Crippen LogP contribution in [0.1, 0.15) is 6.92 Å². The van der Waals surface area contributed by atoms with Crippen LogP contribution in [0.4, 0.5) is 0 Å². The number of halogens is 1. The first-order valence-corrected chi connectivity index (χ1v) is 4.54. The number of ketones is 1. The number of nitrogens with zero attached hydrogens (tertiary/aromatic N) is 1. The summed E-state index contributed by atoms with van der Waals surface area (Å²) in [7, 11) is 1.84. The molecule has 0 saturated carbocycles. The Balaban J connectivity index is 0.00000144. The molecule has 0 spiro atoms. The van der Waals surface area contributed by atoms with Crippen LogP contribution in [0, 0.1) is 6.20 Å². The molecule has 0 aliphatic carbocycles. The van der Waals surface area contributed by atoms with Crippen LogP contribution in [0.25, 0.3) is 0 Å². The molecular weight excluding hydrogens is 354 g/mol. The maximum atomic E-state index is 11.1. The number of allylic oxidation sites excluding steroid dienone is 3. The van der Waals surface area contributed by atoms with Gasteiger partial charge in [0.1, 0.15) is 5.78 Å². The van der Waals surface area contributed by atoms with Crippen LogP contribution in [0.3, 0.4) is 0 Å². The minimum Gasteiger partial charge on any atom is -0.462 e. The van der Waals surface area contributed by atoms with E-state index in [0.29, 0.717) is 5.57 Å². The van der Waals surface area contributed by atoms with E-state index in [0.717, 1.165) is 9.15 Å². The first kappa shape index (κ1) is 13.5. The summed E-state index contributed by atoms with van der Waals surface area (Å²) in [5, 5.41) is 0. The van der Waals surface area contributed by atoms with Gasteiger partial charge in [-0.25, -0.2) is 0 Å². The molecule has 1 heterocycles. The number of carbonyl (C=O) groups is 1. The van der Waals surface area contributed by atoms with Gasteiger partial charge in [-0.1, -0.05) is 44.1 Å². The van der Waals surface area contributed by atoms with E-state index < -0.39 is 0 Å². The van der Waals surface area contributed by atoms with Crippen molar-refractivity contribution in [2.75, 3.05) is 7.05 Å². The molecule has 1 radical (unpaired) electrons. The van der Waals surface area contributed by atoms with E-state index in [-0.39, 0.29) is 38.5 Å². The maximum absolute atomic E-state index is 11.1. The normalized spacial score (nSPS) is 15.9. The molecule has 67 valence electrons. The summed E-state index contributed by atoms with van der Waals surface area (Å²) in [6.45, 7) is 5.35. The summed E-state index contributed by atoms with van der Waals surface area (Å²) in [5.41, 5.74) is 1.43. The summed E-state index contributed by atoms with van der Waals surface area (Å²) in [5.74, 6) is 0.0440. The minimum absolute atomic E-state index is 0. The van der Waals surface area contributed by atoms with Crippen molar-refractivity contribution in [1.82, 2.24) is 4.90 Å². The van der Waals surface area contributed by atoms with E-state index in [1.54, 1.807) is 18.0 Å². The summed E-state index contributed by atoms with van der Waals surface area (Å²) >= 11 is 2.12. The third-order valence-electron chi connectivity index (χ3n) is 1.57. The Morgan fingerprint density at radius 3 is 2.69 bits per heavy atom. The van der Waals surface area contributed by atoms with Crippen molar-refractivity contribution in [3.8, 4) is 0 Å². The Morgan fingerprint density at radius 2 is 2.23 bits per heavy atom. The Kier molecular flexibility index (Phi) is 5.63. The molecule has 1 rings (SSSR count). The zero-order chi connectivity index (χ0) is 9.30. The molecule has 0 atom stereocenters. The fourth-order valence-electron chi connectivity index (χ4n) is 0.948. The molecule has 4 heteroatoms. The van der Waals surface area contributed by atoms with E-state index in [9.17, 15) is 4.79 Å². The Morgan fingerprint density at radius 1 is 1.69 bits per heavy atom. The third kappa shape index (κ3) is 3.29. The molecule has 0 aromatic heterocycles. The average Bonchev–Trinajstić information content (AvgIpc) is 1.96. The maximum Gasteiger partial charge on any atom is 0.137 e. The molecule has 1 aliphatic rings. The number of carbonyl (C=O) groups excluding carboxylic acids is 1. The first-order valence-electron chi connectivity index (χ1n) is 3.46. The van der Waals surface area contributed by atoms with E-state index in [1.165, 1.54) is 0 Å². The molecule has 0 fully saturated rings. The van der Waals surface area contributed by atoms with Gasteiger partial charge in [0.25, 0.3) is 0 Å². The van der Waals surface area contributed by atoms with Crippen molar-refractivity contribution in [2.24, 2.45) is 0 Å². The van der Waals surface area contributed by atoms with Crippen LogP contribution in [0.15, 0.2) is 27.5 Å². The quantitative estimate of drug-likeness (QED) is 0.525. The second-order valence-electron chi connectivity index (χ2n) is 2.61. The van der Waals surface area contributed by atoms with Crippen LogP contribution in [-0.2, 0) is 37.5 Å². The number of hydrogen-bond donors (Lipinski definition) is 0. The third-order valence-corrected chi connectivity index (χ3v) is 2.46. The van der Waals surface area contributed by atoms with Crippen molar-refractivity contribution in [3.63, 3.8) is 0 Å². The van der Waals surface area contributed by atoms with Crippen molar-refractivity contribution in [2.45, 2.75) is 6.92 Å². The zero-order valence-electron chi connectivity index (χ0n) is 7.60. The van der Waals surface area contributed by atoms with E-state index >= 15 is 0 Å². The van der Waals surface area contributed by atoms with Gasteiger partial charge in [-0.3, -0.25) is 4.79 Å². The summed E-state index contributed by atoms with van der Waals surface area (Å²) in [6.07, 6.45) is 4.77. The Labute approximate surface area is 117 Å². The van der Waals surface area contributed by atoms with Crippen molar-refractivity contribution in [3.05, 3.63) is 33.7 Å². The molecular formula is C9H9INOY-. The number of Topliss-reactive ketones (excluding diaryl/α,β-unsaturated/α-hetero) is 1. The van der Waals surface area contributed by atoms with Gasteiger partial charge in [-0.2, -0.15) is 0 Å². The topological polar surface area (TPSA) is 20.3 Å². The Bertz CT molecular complexity index is 307. The zero-order valence-corrected chi connectivity index (χ0v) is 12.6. The number of hydrogen-bond acceptors (Lipinski definition) is 2. The molecule has 0 unspecified atom stereocenters. The van der Waals surface area contributed by atoms with Gasteiger partial charge in [-0.15, -0.1) is 12.2 Å². The summed E-state index contributed by atoms with van der Waals surface area (Å²) in [6, 6.07) is 0. The van der Waals surface area contributed by atoms with Gasteiger partial charge in [0.05, 0.1) is 0 Å². The molecule has 13 heavy (non-hydrogen) atoms. The first-order chi connectivity index (χ1) is 5.52. The van der Waals surface area contributed by atoms with Gasteiger partial charge in [-0.05, 0) is 14.0 Å². The molecule has 0 saturated heterocycles. The number of rotatable bonds is 1. The van der Waals surface area contributed by atoms with Gasteiger partial charge >= 0.3 is 0 Å². The standard InChI is InChI=1S/C9H9INO.Y/c1-6-8(7(2)12)4-11(3)5-9(6)10;/h4H,1H2,2-3H3;/q-1;. The predicted octanol–water partition coefficient (Wildman–Crippen LogP) is 2.04. The Hall–Kier alpha value is 0.524. The van der Waals surface area contributed by atoms with E-state index in [1.807, 2.05) is 7.05 Å². The summed E-state index contributed by atoms with van der Waals surface area (Å²) in [4.78, 5) is 12.8. The second-order valence-corrected chi connectivity index (χ2v) is 3.69. The molecule has 0 amide bonds. The van der Waals surface area contributed by atoms with Crippen molar-refractivity contribution >= 4 is 28.4 Å². The van der Waals surface area contributed by atoms with Crippen LogP contribution in [-0.4, -0.2) is 17.7 Å². The molecule has 0 aromatic carbocycles. The fourth-order valence-corrected chi connectivity index (χ4v) is 1.62. The molecule has 1 aliphatic heterocycles. The van der Waals surface area contributed by atoms with Gasteiger partial charge in [0.15, 0.2) is 0 Å². The van der Waals surface area contributed by atoms with Crippen LogP contribution in [0.5, 0.6) is 0 Å². The molecule has 0 N–H and O–H groups in total. The van der Waals surface area contributed by atoms with E-state index in [4.69, 9.17) is 0 Å². The molecule has 0 bridgehead atoms. The van der Waals surface area contributed by atoms with Gasteiger partial charge < -0.3 is 4.90 Å². The fraction of sp³-hybridized carbons (Fsp3) is 0.222. The predicted molar refractivity (Wildman–Crippen MR) is 56.4 cm³/mol. The molecule has 2 nitrogen and oxygen atoms in total. The smallest absolute Gasteiger partial charge is 0.137 e. The van der Waals surface area contributed by atoms with Crippen LogP contribution >= 0.6 is 22.6 Å². The van der Waals surface area contributed by atoms with Crippen molar-refractivity contribution in [1.29, 1.82) is 0 Å². The largest absolute Gasteiger partial charge is 0.462 e. The minimum atomic E-state index is 0. The van der Waals surface area contributed by atoms with Gasteiger partial charge in [0.2, 0.25) is 0 Å².